The molecule has 3 N–H and O–H groups in total. The molecule has 8 nitrogen and oxygen atoms in total. The Hall–Kier alpha value is -3.55. The standard InChI is InChI=1S/C29H41N3O5/c1-9-18(3)24(31-28(36)37-29(6,7)8)27(35)32(10-2)25(21-16-11-12-17-22(21)33)26(34)30-23-19(4)14-13-15-20(23)5/h11-18,24-25,33H,9-10H2,1-8H3,(H,30,34)(H,31,36). The number of anilines is 1. The summed E-state index contributed by atoms with van der Waals surface area (Å²) in [6.07, 6.45) is -0.0964. The van der Waals surface area contributed by atoms with Crippen molar-refractivity contribution in [2.24, 2.45) is 5.92 Å². The Bertz CT molecular complexity index is 1090. The molecule has 0 radical (unpaired) electrons. The van der Waals surface area contributed by atoms with Crippen LogP contribution in [0.2, 0.25) is 0 Å². The van der Waals surface area contributed by atoms with Crippen LogP contribution in [-0.2, 0) is 14.3 Å². The van der Waals surface area contributed by atoms with E-state index in [1.54, 1.807) is 45.9 Å². The number of ether oxygens (including phenoxy) is 1. The van der Waals surface area contributed by atoms with Crippen LogP contribution in [0.3, 0.4) is 0 Å². The second-order valence-corrected chi connectivity index (χ2v) is 10.4. The SMILES string of the molecule is CCC(C)C(NC(=O)OC(C)(C)C)C(=O)N(CC)C(C(=O)Nc1c(C)cccc1C)c1ccccc1O. The zero-order chi connectivity index (χ0) is 27.9. The lowest BCUT2D eigenvalue weighted by molar-refractivity contribution is -0.141. The summed E-state index contributed by atoms with van der Waals surface area (Å²) in [6, 6.07) is 10.1. The predicted octanol–water partition coefficient (Wildman–Crippen LogP) is 5.48. The van der Waals surface area contributed by atoms with E-state index in [-0.39, 0.29) is 18.2 Å². The van der Waals surface area contributed by atoms with Crippen LogP contribution in [-0.4, -0.2) is 46.1 Å². The van der Waals surface area contributed by atoms with Crippen molar-refractivity contribution in [1.82, 2.24) is 10.2 Å². The smallest absolute Gasteiger partial charge is 0.408 e. The summed E-state index contributed by atoms with van der Waals surface area (Å²) in [5.74, 6) is -1.24. The van der Waals surface area contributed by atoms with E-state index < -0.39 is 35.6 Å². The zero-order valence-electron chi connectivity index (χ0n) is 23.2. The van der Waals surface area contributed by atoms with Crippen molar-refractivity contribution in [2.75, 3.05) is 11.9 Å². The molecular weight excluding hydrogens is 470 g/mol. The molecule has 2 aromatic carbocycles. The number of hydrogen-bond donors (Lipinski definition) is 3. The van der Waals surface area contributed by atoms with Crippen LogP contribution in [0.1, 0.15) is 70.7 Å². The number of aromatic hydroxyl groups is 1. The number of nitrogens with zero attached hydrogens (tertiary/aromatic N) is 1. The van der Waals surface area contributed by atoms with E-state index in [1.165, 1.54) is 11.0 Å². The third kappa shape index (κ3) is 7.71. The van der Waals surface area contributed by atoms with E-state index in [1.807, 2.05) is 45.9 Å². The minimum absolute atomic E-state index is 0.101. The lowest BCUT2D eigenvalue weighted by Crippen LogP contribution is -2.54. The van der Waals surface area contributed by atoms with Crippen molar-refractivity contribution in [2.45, 2.75) is 79.5 Å². The quantitative estimate of drug-likeness (QED) is 0.413. The first kappa shape index (κ1) is 29.7. The first-order valence-corrected chi connectivity index (χ1v) is 12.8. The first-order chi connectivity index (χ1) is 17.3. The number of hydrogen-bond acceptors (Lipinski definition) is 5. The lowest BCUT2D eigenvalue weighted by Gasteiger charge is -2.35. The number of nitrogens with one attached hydrogen (secondary N) is 2. The van der Waals surface area contributed by atoms with Crippen LogP contribution in [0.4, 0.5) is 10.5 Å². The average Bonchev–Trinajstić information content (AvgIpc) is 2.82. The van der Waals surface area contributed by atoms with Crippen LogP contribution >= 0.6 is 0 Å². The minimum Gasteiger partial charge on any atom is -0.508 e. The fourth-order valence-corrected chi connectivity index (χ4v) is 4.13. The number of phenols is 1. The molecule has 0 aromatic heterocycles. The summed E-state index contributed by atoms with van der Waals surface area (Å²) >= 11 is 0. The largest absolute Gasteiger partial charge is 0.508 e. The highest BCUT2D eigenvalue weighted by Gasteiger charge is 2.38. The number of likely N-dealkylation sites (N-methyl/N-ethyl adjacent to an activating group) is 1. The molecule has 37 heavy (non-hydrogen) atoms. The number of alkyl carbamates (subject to hydrolysis) is 1. The van der Waals surface area contributed by atoms with Gasteiger partial charge in [-0.15, -0.1) is 0 Å². The van der Waals surface area contributed by atoms with Crippen LogP contribution in [0.5, 0.6) is 5.75 Å². The molecule has 3 unspecified atom stereocenters. The molecule has 0 fully saturated rings. The van der Waals surface area contributed by atoms with Crippen LogP contribution in [0.15, 0.2) is 42.5 Å². The third-order valence-corrected chi connectivity index (χ3v) is 6.30. The molecule has 0 spiro atoms. The lowest BCUT2D eigenvalue weighted by atomic mass is 9.95. The summed E-state index contributed by atoms with van der Waals surface area (Å²) in [6.45, 7) is 14.7. The van der Waals surface area contributed by atoms with Gasteiger partial charge in [0.05, 0.1) is 0 Å². The summed E-state index contributed by atoms with van der Waals surface area (Å²) in [5.41, 5.74) is 1.97. The van der Waals surface area contributed by atoms with Gasteiger partial charge in [0.25, 0.3) is 5.91 Å². The zero-order valence-corrected chi connectivity index (χ0v) is 23.2. The van der Waals surface area contributed by atoms with Gasteiger partial charge in [0.1, 0.15) is 23.4 Å². The highest BCUT2D eigenvalue weighted by Crippen LogP contribution is 2.32. The van der Waals surface area contributed by atoms with Crippen molar-refractivity contribution in [3.63, 3.8) is 0 Å². The molecule has 0 aliphatic carbocycles. The van der Waals surface area contributed by atoms with Gasteiger partial charge >= 0.3 is 6.09 Å². The van der Waals surface area contributed by atoms with Gasteiger partial charge in [-0.3, -0.25) is 9.59 Å². The van der Waals surface area contributed by atoms with Crippen LogP contribution < -0.4 is 10.6 Å². The first-order valence-electron chi connectivity index (χ1n) is 12.8. The van der Waals surface area contributed by atoms with Gasteiger partial charge in [0, 0.05) is 17.8 Å². The molecule has 3 atom stereocenters. The normalized spacial score (nSPS) is 13.7. The predicted molar refractivity (Wildman–Crippen MR) is 145 cm³/mol. The Kier molecular flexibility index (Phi) is 10.1. The van der Waals surface area contributed by atoms with Crippen molar-refractivity contribution in [3.05, 3.63) is 59.2 Å². The second kappa shape index (κ2) is 12.6. The third-order valence-electron chi connectivity index (χ3n) is 6.30. The van der Waals surface area contributed by atoms with Crippen molar-refractivity contribution in [1.29, 1.82) is 0 Å². The summed E-state index contributed by atoms with van der Waals surface area (Å²) < 4.78 is 5.40. The highest BCUT2D eigenvalue weighted by atomic mass is 16.6. The molecule has 0 bridgehead atoms. The van der Waals surface area contributed by atoms with Gasteiger partial charge in [-0.25, -0.2) is 4.79 Å². The van der Waals surface area contributed by atoms with E-state index in [4.69, 9.17) is 4.74 Å². The van der Waals surface area contributed by atoms with Gasteiger partial charge < -0.3 is 25.4 Å². The Morgan fingerprint density at radius 3 is 2.11 bits per heavy atom. The van der Waals surface area contributed by atoms with E-state index in [9.17, 15) is 19.5 Å². The number of carbonyl (C=O) groups excluding carboxylic acids is 3. The summed E-state index contributed by atoms with van der Waals surface area (Å²) in [4.78, 5) is 41.8. The number of carbonyl (C=O) groups is 3. The van der Waals surface area contributed by atoms with E-state index in [2.05, 4.69) is 10.6 Å². The highest BCUT2D eigenvalue weighted by molar-refractivity contribution is 6.00. The van der Waals surface area contributed by atoms with Gasteiger partial charge in [-0.1, -0.05) is 56.7 Å². The number of phenolic OH excluding ortho intramolecular Hbond substituents is 1. The second-order valence-electron chi connectivity index (χ2n) is 10.4. The molecule has 0 aliphatic heterocycles. The maximum absolute atomic E-state index is 14.0. The van der Waals surface area contributed by atoms with Crippen molar-refractivity contribution < 1.29 is 24.2 Å². The molecule has 2 aromatic rings. The summed E-state index contributed by atoms with van der Waals surface area (Å²) in [7, 11) is 0. The summed E-state index contributed by atoms with van der Waals surface area (Å²) in [5, 5.41) is 16.4. The number of benzene rings is 2. The number of para-hydroxylation sites is 2. The Morgan fingerprint density at radius 1 is 1.00 bits per heavy atom. The maximum atomic E-state index is 14.0. The molecule has 3 amide bonds. The Morgan fingerprint density at radius 2 is 1.59 bits per heavy atom. The molecule has 0 heterocycles. The van der Waals surface area contributed by atoms with Crippen molar-refractivity contribution in [3.8, 4) is 5.75 Å². The molecular formula is C29H41N3O5. The molecule has 0 saturated heterocycles. The van der Waals surface area contributed by atoms with Crippen molar-refractivity contribution >= 4 is 23.6 Å². The molecule has 0 aliphatic rings. The van der Waals surface area contributed by atoms with Gasteiger partial charge in [-0.05, 0) is 64.7 Å². The van der Waals surface area contributed by atoms with Crippen LogP contribution in [0, 0.1) is 19.8 Å². The Balaban J connectivity index is 2.53. The number of aryl methyl sites for hydroxylation is 2. The minimum atomic E-state index is -1.13. The fourth-order valence-electron chi connectivity index (χ4n) is 4.13. The van der Waals surface area contributed by atoms with E-state index in [0.29, 0.717) is 17.7 Å². The fraction of sp³-hybridized carbons (Fsp3) is 0.483. The van der Waals surface area contributed by atoms with Gasteiger partial charge in [0.2, 0.25) is 5.91 Å². The number of rotatable bonds is 9. The average molecular weight is 512 g/mol. The molecule has 202 valence electrons. The monoisotopic (exact) mass is 511 g/mol. The van der Waals surface area contributed by atoms with Crippen LogP contribution in [0.25, 0.3) is 0 Å². The maximum Gasteiger partial charge on any atom is 0.408 e. The van der Waals surface area contributed by atoms with E-state index >= 15 is 0 Å². The molecule has 0 saturated carbocycles. The number of amides is 3. The van der Waals surface area contributed by atoms with E-state index in [0.717, 1.165) is 11.1 Å². The Labute approximate surface area is 220 Å². The topological polar surface area (TPSA) is 108 Å². The molecule has 8 heteroatoms. The molecule has 2 rings (SSSR count). The van der Waals surface area contributed by atoms with Gasteiger partial charge in [0.15, 0.2) is 0 Å². The van der Waals surface area contributed by atoms with Gasteiger partial charge in [-0.2, -0.15) is 0 Å².